The number of hydrogen-bond acceptors (Lipinski definition) is 5. The van der Waals surface area contributed by atoms with Crippen molar-refractivity contribution in [1.82, 2.24) is 20.0 Å². The van der Waals surface area contributed by atoms with Crippen LogP contribution in [0.15, 0.2) is 36.4 Å². The lowest BCUT2D eigenvalue weighted by molar-refractivity contribution is -0.143. The first kappa shape index (κ1) is 20.0. The molecule has 0 aromatic carbocycles. The Balaban J connectivity index is 1.92. The van der Waals surface area contributed by atoms with Gasteiger partial charge < -0.3 is 0 Å². The summed E-state index contributed by atoms with van der Waals surface area (Å²) in [6.45, 7) is 3.68. The van der Waals surface area contributed by atoms with Crippen molar-refractivity contribution in [1.29, 1.82) is 0 Å². The molecule has 1 fully saturated rings. The second-order valence-electron chi connectivity index (χ2n) is 5.76. The van der Waals surface area contributed by atoms with E-state index in [1.807, 2.05) is 0 Å². The summed E-state index contributed by atoms with van der Waals surface area (Å²) in [5.74, 6) is -1.21. The van der Waals surface area contributed by atoms with Gasteiger partial charge in [0, 0.05) is 18.5 Å². The van der Waals surface area contributed by atoms with E-state index in [0.29, 0.717) is 9.75 Å². The minimum Gasteiger partial charge on any atom is -0.298 e. The monoisotopic (exact) mass is 426 g/mol. The molecule has 1 saturated heterocycles. The van der Waals surface area contributed by atoms with Gasteiger partial charge in [-0.3, -0.25) is 24.5 Å². The Kier molecular flexibility index (Phi) is 5.22. The Hall–Kier alpha value is -2.79. The SMILES string of the molecule is C=CCN1C(=O)C(=Cc2ccc(-c3cc(C(F)(F)F)n(C)n3)s2)C(=O)NC1=S. The van der Waals surface area contributed by atoms with Gasteiger partial charge in [0.25, 0.3) is 11.8 Å². The van der Waals surface area contributed by atoms with Crippen molar-refractivity contribution in [2.45, 2.75) is 6.18 Å². The molecule has 2 aromatic rings. The zero-order valence-corrected chi connectivity index (χ0v) is 16.0. The maximum atomic E-state index is 12.9. The lowest BCUT2D eigenvalue weighted by atomic mass is 10.1. The molecule has 0 atom stereocenters. The first-order chi connectivity index (χ1) is 13.1. The third kappa shape index (κ3) is 3.76. The highest BCUT2D eigenvalue weighted by Crippen LogP contribution is 2.34. The van der Waals surface area contributed by atoms with Crippen LogP contribution in [0, 0.1) is 0 Å². The summed E-state index contributed by atoms with van der Waals surface area (Å²) >= 11 is 6.08. The van der Waals surface area contributed by atoms with Crippen LogP contribution < -0.4 is 5.32 Å². The van der Waals surface area contributed by atoms with Crippen LogP contribution in [-0.4, -0.2) is 38.2 Å². The molecule has 0 spiro atoms. The third-order valence-corrected chi connectivity index (χ3v) is 5.21. The first-order valence-corrected chi connectivity index (χ1v) is 9.05. The first-order valence-electron chi connectivity index (χ1n) is 7.83. The molecular formula is C17H13F3N4O2S2. The van der Waals surface area contributed by atoms with E-state index in [1.54, 1.807) is 12.1 Å². The molecule has 6 nitrogen and oxygen atoms in total. The van der Waals surface area contributed by atoms with Gasteiger partial charge in [0.2, 0.25) is 0 Å². The summed E-state index contributed by atoms with van der Waals surface area (Å²) < 4.78 is 39.6. The molecule has 0 saturated carbocycles. The Morgan fingerprint density at radius 1 is 1.36 bits per heavy atom. The topological polar surface area (TPSA) is 67.2 Å². The molecule has 0 radical (unpaired) electrons. The van der Waals surface area contributed by atoms with Gasteiger partial charge in [-0.15, -0.1) is 17.9 Å². The molecule has 2 amide bonds. The molecule has 146 valence electrons. The van der Waals surface area contributed by atoms with Crippen LogP contribution in [-0.2, 0) is 22.8 Å². The van der Waals surface area contributed by atoms with Gasteiger partial charge in [0.1, 0.15) is 17.0 Å². The number of aromatic nitrogens is 2. The predicted molar refractivity (Wildman–Crippen MR) is 102 cm³/mol. The number of aryl methyl sites for hydroxylation is 1. The lowest BCUT2D eigenvalue weighted by Crippen LogP contribution is -2.53. The zero-order valence-electron chi connectivity index (χ0n) is 14.4. The Labute approximate surface area is 166 Å². The minimum absolute atomic E-state index is 0.00733. The molecule has 0 aliphatic carbocycles. The summed E-state index contributed by atoms with van der Waals surface area (Å²) in [7, 11) is 1.21. The van der Waals surface area contributed by atoms with Gasteiger partial charge in [-0.2, -0.15) is 18.3 Å². The molecular weight excluding hydrogens is 413 g/mol. The fraction of sp³-hybridized carbons (Fsp3) is 0.176. The van der Waals surface area contributed by atoms with E-state index in [4.69, 9.17) is 12.2 Å². The van der Waals surface area contributed by atoms with Crippen molar-refractivity contribution in [2.24, 2.45) is 7.05 Å². The molecule has 3 rings (SSSR count). The fourth-order valence-electron chi connectivity index (χ4n) is 2.55. The van der Waals surface area contributed by atoms with Crippen LogP contribution in [0.25, 0.3) is 16.6 Å². The van der Waals surface area contributed by atoms with E-state index in [1.165, 1.54) is 24.1 Å². The molecule has 3 heterocycles. The van der Waals surface area contributed by atoms with Crippen LogP contribution >= 0.6 is 23.6 Å². The van der Waals surface area contributed by atoms with E-state index in [-0.39, 0.29) is 22.9 Å². The second-order valence-corrected chi connectivity index (χ2v) is 7.26. The number of hydrogen-bond donors (Lipinski definition) is 1. The summed E-state index contributed by atoms with van der Waals surface area (Å²) in [5, 5.41) is 6.31. The highest BCUT2D eigenvalue weighted by Gasteiger charge is 2.35. The van der Waals surface area contributed by atoms with Crippen LogP contribution in [0.3, 0.4) is 0 Å². The largest absolute Gasteiger partial charge is 0.433 e. The van der Waals surface area contributed by atoms with Crippen molar-refractivity contribution in [3.05, 3.63) is 47.0 Å². The highest BCUT2D eigenvalue weighted by molar-refractivity contribution is 7.80. The number of rotatable bonds is 4. The predicted octanol–water partition coefficient (Wildman–Crippen LogP) is 2.98. The van der Waals surface area contributed by atoms with E-state index in [0.717, 1.165) is 22.1 Å². The number of thiophene rings is 1. The van der Waals surface area contributed by atoms with E-state index >= 15 is 0 Å². The molecule has 1 aliphatic heterocycles. The van der Waals surface area contributed by atoms with Crippen LogP contribution in [0.5, 0.6) is 0 Å². The van der Waals surface area contributed by atoms with Gasteiger partial charge in [-0.1, -0.05) is 6.08 Å². The maximum Gasteiger partial charge on any atom is 0.433 e. The molecule has 28 heavy (non-hydrogen) atoms. The number of nitrogens with one attached hydrogen (secondary N) is 1. The lowest BCUT2D eigenvalue weighted by Gasteiger charge is -2.27. The Morgan fingerprint density at radius 2 is 2.07 bits per heavy atom. The third-order valence-electron chi connectivity index (χ3n) is 3.83. The van der Waals surface area contributed by atoms with Gasteiger partial charge in [0.05, 0.1) is 4.88 Å². The van der Waals surface area contributed by atoms with Gasteiger partial charge in [-0.05, 0) is 36.5 Å². The van der Waals surface area contributed by atoms with Crippen molar-refractivity contribution < 1.29 is 22.8 Å². The molecule has 2 aromatic heterocycles. The highest BCUT2D eigenvalue weighted by atomic mass is 32.1. The number of amides is 2. The van der Waals surface area contributed by atoms with Crippen molar-refractivity contribution >= 4 is 46.6 Å². The minimum atomic E-state index is -4.51. The van der Waals surface area contributed by atoms with Crippen molar-refractivity contribution in [2.75, 3.05) is 6.54 Å². The Bertz CT molecular complexity index is 1020. The number of nitrogens with zero attached hydrogens (tertiary/aromatic N) is 3. The summed E-state index contributed by atoms with van der Waals surface area (Å²) in [4.78, 5) is 26.8. The standard InChI is InChI=1S/C17H13F3N4O2S2/c1-3-6-24-15(26)10(14(25)21-16(24)27)7-9-4-5-12(28-9)11-8-13(17(18,19)20)23(2)22-11/h3-5,7-8H,1,6H2,2H3,(H,21,25,27). The molecule has 0 unspecified atom stereocenters. The smallest absolute Gasteiger partial charge is 0.298 e. The van der Waals surface area contributed by atoms with Crippen molar-refractivity contribution in [3.63, 3.8) is 0 Å². The number of carbonyl (C=O) groups is 2. The van der Waals surface area contributed by atoms with Gasteiger partial charge in [0.15, 0.2) is 5.11 Å². The normalized spacial score (nSPS) is 16.6. The van der Waals surface area contributed by atoms with Gasteiger partial charge >= 0.3 is 6.18 Å². The molecule has 11 heteroatoms. The number of carbonyl (C=O) groups excluding carboxylic acids is 2. The average molecular weight is 426 g/mol. The average Bonchev–Trinajstić information content (AvgIpc) is 3.21. The molecule has 0 bridgehead atoms. The van der Waals surface area contributed by atoms with E-state index < -0.39 is 23.7 Å². The second kappa shape index (κ2) is 7.32. The molecule has 1 aliphatic rings. The van der Waals surface area contributed by atoms with Crippen molar-refractivity contribution in [3.8, 4) is 10.6 Å². The summed E-state index contributed by atoms with van der Waals surface area (Å²) in [5.41, 5.74) is -0.842. The Morgan fingerprint density at radius 3 is 2.68 bits per heavy atom. The summed E-state index contributed by atoms with van der Waals surface area (Å²) in [6, 6.07) is 4.13. The fourth-order valence-corrected chi connectivity index (χ4v) is 3.71. The summed E-state index contributed by atoms with van der Waals surface area (Å²) in [6.07, 6.45) is -1.67. The number of thiocarbonyl (C=S) groups is 1. The van der Waals surface area contributed by atoms with E-state index in [9.17, 15) is 22.8 Å². The van der Waals surface area contributed by atoms with Crippen LogP contribution in [0.1, 0.15) is 10.6 Å². The number of alkyl halides is 3. The quantitative estimate of drug-likeness (QED) is 0.353. The zero-order chi connectivity index (χ0) is 20.6. The molecule has 1 N–H and O–H groups in total. The number of halogens is 3. The van der Waals surface area contributed by atoms with Gasteiger partial charge in [-0.25, -0.2) is 0 Å². The van der Waals surface area contributed by atoms with Crippen LogP contribution in [0.4, 0.5) is 13.2 Å². The van der Waals surface area contributed by atoms with Crippen LogP contribution in [0.2, 0.25) is 0 Å². The maximum absolute atomic E-state index is 12.9. The van der Waals surface area contributed by atoms with E-state index in [2.05, 4.69) is 17.0 Å².